The van der Waals surface area contributed by atoms with Gasteiger partial charge in [0.25, 0.3) is 0 Å². The van der Waals surface area contributed by atoms with Crippen LogP contribution in [0.3, 0.4) is 0 Å². The third-order valence-corrected chi connectivity index (χ3v) is 4.16. The van der Waals surface area contributed by atoms with Gasteiger partial charge in [0.05, 0.1) is 6.61 Å². The highest BCUT2D eigenvalue weighted by Gasteiger charge is 2.14. The van der Waals surface area contributed by atoms with Crippen molar-refractivity contribution in [1.82, 2.24) is 5.32 Å². The number of ether oxygens (including phenoxy) is 1. The SMILES string of the molecule is OCCCC(NCc1ccc2c(c1)CCO2)c1ccccc1. The molecule has 3 nitrogen and oxygen atoms in total. The number of nitrogens with one attached hydrogen (secondary N) is 1. The van der Waals surface area contributed by atoms with Crippen LogP contribution in [0.15, 0.2) is 48.5 Å². The molecule has 2 N–H and O–H groups in total. The number of hydrogen-bond acceptors (Lipinski definition) is 3. The van der Waals surface area contributed by atoms with E-state index >= 15 is 0 Å². The minimum Gasteiger partial charge on any atom is -0.493 e. The van der Waals surface area contributed by atoms with Gasteiger partial charge in [0.2, 0.25) is 0 Å². The minimum absolute atomic E-state index is 0.237. The molecule has 3 rings (SSSR count). The molecule has 0 amide bonds. The lowest BCUT2D eigenvalue weighted by atomic mass is 10.0. The maximum atomic E-state index is 9.11. The highest BCUT2D eigenvalue weighted by molar-refractivity contribution is 5.39. The number of aliphatic hydroxyl groups excluding tert-OH is 1. The van der Waals surface area contributed by atoms with Gasteiger partial charge in [-0.2, -0.15) is 0 Å². The Balaban J connectivity index is 1.66. The van der Waals surface area contributed by atoms with Crippen molar-refractivity contribution in [3.63, 3.8) is 0 Å². The van der Waals surface area contributed by atoms with Crippen molar-refractivity contribution in [2.45, 2.75) is 31.8 Å². The van der Waals surface area contributed by atoms with Gasteiger partial charge in [0, 0.05) is 25.6 Å². The van der Waals surface area contributed by atoms with E-state index in [4.69, 9.17) is 9.84 Å². The number of fused-ring (bicyclic) bond motifs is 1. The summed E-state index contributed by atoms with van der Waals surface area (Å²) in [6, 6.07) is 17.2. The van der Waals surface area contributed by atoms with Crippen LogP contribution in [0.4, 0.5) is 0 Å². The van der Waals surface area contributed by atoms with Gasteiger partial charge in [-0.3, -0.25) is 0 Å². The van der Waals surface area contributed by atoms with Crippen LogP contribution >= 0.6 is 0 Å². The van der Waals surface area contributed by atoms with E-state index in [0.29, 0.717) is 0 Å². The van der Waals surface area contributed by atoms with E-state index in [1.807, 2.05) is 6.07 Å². The quantitative estimate of drug-likeness (QED) is 0.824. The molecule has 0 saturated carbocycles. The lowest BCUT2D eigenvalue weighted by Gasteiger charge is -2.19. The number of rotatable bonds is 7. The molecule has 0 bridgehead atoms. The van der Waals surface area contributed by atoms with E-state index in [0.717, 1.165) is 38.2 Å². The van der Waals surface area contributed by atoms with E-state index < -0.39 is 0 Å². The van der Waals surface area contributed by atoms with E-state index in [9.17, 15) is 0 Å². The highest BCUT2D eigenvalue weighted by Crippen LogP contribution is 2.26. The van der Waals surface area contributed by atoms with Crippen molar-refractivity contribution in [2.24, 2.45) is 0 Å². The smallest absolute Gasteiger partial charge is 0.122 e. The highest BCUT2D eigenvalue weighted by atomic mass is 16.5. The molecule has 1 aliphatic heterocycles. The third-order valence-electron chi connectivity index (χ3n) is 4.16. The summed E-state index contributed by atoms with van der Waals surface area (Å²) in [6.07, 6.45) is 2.76. The summed E-state index contributed by atoms with van der Waals surface area (Å²) >= 11 is 0. The summed E-state index contributed by atoms with van der Waals surface area (Å²) in [5.41, 5.74) is 3.88. The van der Waals surface area contributed by atoms with E-state index in [-0.39, 0.29) is 12.6 Å². The van der Waals surface area contributed by atoms with Crippen LogP contribution in [0.2, 0.25) is 0 Å². The van der Waals surface area contributed by atoms with Crippen LogP contribution in [0.25, 0.3) is 0 Å². The van der Waals surface area contributed by atoms with E-state index in [2.05, 4.69) is 47.8 Å². The van der Waals surface area contributed by atoms with Crippen molar-refractivity contribution in [2.75, 3.05) is 13.2 Å². The first-order valence-corrected chi connectivity index (χ1v) is 8.00. The Labute approximate surface area is 131 Å². The summed E-state index contributed by atoms with van der Waals surface area (Å²) < 4.78 is 5.55. The molecule has 1 unspecified atom stereocenters. The van der Waals surface area contributed by atoms with E-state index in [1.54, 1.807) is 0 Å². The Kier molecular flexibility index (Phi) is 5.09. The second-order valence-corrected chi connectivity index (χ2v) is 5.75. The van der Waals surface area contributed by atoms with Gasteiger partial charge in [0.1, 0.15) is 5.75 Å². The van der Waals surface area contributed by atoms with Crippen molar-refractivity contribution in [1.29, 1.82) is 0 Å². The largest absolute Gasteiger partial charge is 0.493 e. The Bertz CT molecular complexity index is 598. The van der Waals surface area contributed by atoms with Crippen molar-refractivity contribution < 1.29 is 9.84 Å². The van der Waals surface area contributed by atoms with Crippen LogP contribution in [-0.4, -0.2) is 18.3 Å². The molecule has 0 spiro atoms. The molecule has 116 valence electrons. The van der Waals surface area contributed by atoms with Gasteiger partial charge >= 0.3 is 0 Å². The molecular weight excluding hydrogens is 274 g/mol. The minimum atomic E-state index is 0.237. The van der Waals surface area contributed by atoms with Gasteiger partial charge < -0.3 is 15.2 Å². The topological polar surface area (TPSA) is 41.5 Å². The summed E-state index contributed by atoms with van der Waals surface area (Å²) in [4.78, 5) is 0. The van der Waals surface area contributed by atoms with Crippen molar-refractivity contribution in [3.05, 3.63) is 65.2 Å². The van der Waals surface area contributed by atoms with Crippen LogP contribution in [-0.2, 0) is 13.0 Å². The average Bonchev–Trinajstić information content (AvgIpc) is 3.03. The predicted octanol–water partition coefficient (Wildman–Crippen LogP) is 3.22. The summed E-state index contributed by atoms with van der Waals surface area (Å²) in [7, 11) is 0. The van der Waals surface area contributed by atoms with Crippen LogP contribution in [0.1, 0.15) is 35.6 Å². The number of benzene rings is 2. The van der Waals surface area contributed by atoms with E-state index in [1.165, 1.54) is 16.7 Å². The van der Waals surface area contributed by atoms with Crippen LogP contribution < -0.4 is 10.1 Å². The standard InChI is InChI=1S/C19H23NO2/c21-11-4-7-18(16-5-2-1-3-6-16)20-14-15-8-9-19-17(13-15)10-12-22-19/h1-3,5-6,8-9,13,18,20-21H,4,7,10-12,14H2. The maximum Gasteiger partial charge on any atom is 0.122 e. The van der Waals surface area contributed by atoms with Gasteiger partial charge in [-0.15, -0.1) is 0 Å². The second kappa shape index (κ2) is 7.43. The normalized spacial score (nSPS) is 14.4. The summed E-state index contributed by atoms with van der Waals surface area (Å²) in [5, 5.41) is 12.7. The molecule has 0 aliphatic carbocycles. The molecule has 22 heavy (non-hydrogen) atoms. The monoisotopic (exact) mass is 297 g/mol. The lowest BCUT2D eigenvalue weighted by Crippen LogP contribution is -2.21. The fraction of sp³-hybridized carbons (Fsp3) is 0.368. The Morgan fingerprint density at radius 3 is 2.82 bits per heavy atom. The first-order valence-electron chi connectivity index (χ1n) is 8.00. The van der Waals surface area contributed by atoms with Gasteiger partial charge in [-0.1, -0.05) is 42.5 Å². The average molecular weight is 297 g/mol. The summed E-state index contributed by atoms with van der Waals surface area (Å²) in [6.45, 7) is 1.87. The van der Waals surface area contributed by atoms with Crippen LogP contribution in [0.5, 0.6) is 5.75 Å². The molecular formula is C19H23NO2. The lowest BCUT2D eigenvalue weighted by molar-refractivity contribution is 0.275. The fourth-order valence-electron chi connectivity index (χ4n) is 2.96. The zero-order valence-electron chi connectivity index (χ0n) is 12.8. The molecule has 0 saturated heterocycles. The zero-order valence-corrected chi connectivity index (χ0v) is 12.8. The Morgan fingerprint density at radius 2 is 2.00 bits per heavy atom. The van der Waals surface area contributed by atoms with Crippen LogP contribution in [0, 0.1) is 0 Å². The van der Waals surface area contributed by atoms with Gasteiger partial charge in [-0.05, 0) is 35.6 Å². The van der Waals surface area contributed by atoms with Gasteiger partial charge in [0.15, 0.2) is 0 Å². The number of hydrogen-bond donors (Lipinski definition) is 2. The Hall–Kier alpha value is -1.84. The third kappa shape index (κ3) is 3.67. The fourth-order valence-corrected chi connectivity index (χ4v) is 2.96. The first-order chi connectivity index (χ1) is 10.9. The van der Waals surface area contributed by atoms with Gasteiger partial charge in [-0.25, -0.2) is 0 Å². The first kappa shape index (κ1) is 15.1. The number of aliphatic hydroxyl groups is 1. The second-order valence-electron chi connectivity index (χ2n) is 5.75. The van der Waals surface area contributed by atoms with Crippen molar-refractivity contribution >= 4 is 0 Å². The molecule has 2 aromatic carbocycles. The molecule has 2 aromatic rings. The molecule has 0 radical (unpaired) electrons. The maximum absolute atomic E-state index is 9.11. The molecule has 1 heterocycles. The predicted molar refractivity (Wildman–Crippen MR) is 88.0 cm³/mol. The molecule has 0 aromatic heterocycles. The molecule has 3 heteroatoms. The van der Waals surface area contributed by atoms with Crippen molar-refractivity contribution in [3.8, 4) is 5.75 Å². The Morgan fingerprint density at radius 1 is 1.14 bits per heavy atom. The zero-order chi connectivity index (χ0) is 15.2. The summed E-state index contributed by atoms with van der Waals surface area (Å²) in [5.74, 6) is 1.03. The molecule has 1 atom stereocenters. The molecule has 1 aliphatic rings. The molecule has 0 fully saturated rings.